The van der Waals surface area contributed by atoms with Gasteiger partial charge in [-0.3, -0.25) is 0 Å². The molecule has 0 nitrogen and oxygen atoms in total. The number of hydrogen-bond acceptors (Lipinski definition) is 0. The Kier molecular flexibility index (Phi) is 8.79. The zero-order valence-electron chi connectivity index (χ0n) is 14.5. The molecule has 0 fully saturated rings. The monoisotopic (exact) mass is 482 g/mol. The van der Waals surface area contributed by atoms with Crippen LogP contribution in [0.5, 0.6) is 0 Å². The van der Waals surface area contributed by atoms with Gasteiger partial charge in [-0.1, -0.05) is 0 Å². The molecule has 0 radical (unpaired) electrons. The second-order valence-electron chi connectivity index (χ2n) is 6.21. The molecule has 134 valence electrons. The second kappa shape index (κ2) is 10.1. The summed E-state index contributed by atoms with van der Waals surface area (Å²) in [5.41, 5.74) is 3.52. The van der Waals surface area contributed by atoms with Crippen molar-refractivity contribution in [1.82, 2.24) is 0 Å². The van der Waals surface area contributed by atoms with Gasteiger partial charge in [0.1, 0.15) is 0 Å². The van der Waals surface area contributed by atoms with Crippen molar-refractivity contribution < 1.29 is 17.3 Å². The summed E-state index contributed by atoms with van der Waals surface area (Å²) < 4.78 is 43.1. The van der Waals surface area contributed by atoms with Crippen LogP contribution in [0.15, 0.2) is 60.7 Å². The van der Waals surface area contributed by atoms with Crippen molar-refractivity contribution in [2.75, 3.05) is 0 Å². The van der Waals surface area contributed by atoms with Gasteiger partial charge in [0.05, 0.1) is 0 Å². The van der Waals surface area contributed by atoms with Gasteiger partial charge in [0, 0.05) is 0 Å². The Labute approximate surface area is 155 Å². The van der Waals surface area contributed by atoms with E-state index in [4.69, 9.17) is 0 Å². The zero-order chi connectivity index (χ0) is 18.9. The second-order valence-corrected chi connectivity index (χ2v) is 16.7. The summed E-state index contributed by atoms with van der Waals surface area (Å²) in [6.45, 7) is 6.93. The Balaban J connectivity index is 0.000000550. The molecule has 0 aromatic heterocycles. The molecule has 0 saturated heterocycles. The summed E-state index contributed by atoms with van der Waals surface area (Å²) in [5.74, 6) is 3.51. The van der Waals surface area contributed by atoms with Crippen LogP contribution in [0.25, 0.3) is 0 Å². The van der Waals surface area contributed by atoms with Gasteiger partial charge in [-0.2, -0.15) is 0 Å². The molecule has 2 aromatic rings. The number of rotatable bonds is 3. The number of hydrogen-bond donors (Lipinski definition) is 0. The third kappa shape index (κ3) is 11.1. The first-order valence-electron chi connectivity index (χ1n) is 7.74. The van der Waals surface area contributed by atoms with Crippen LogP contribution in [-0.2, 0) is 0 Å². The van der Waals surface area contributed by atoms with E-state index in [1.807, 2.05) is 0 Å². The molecule has 0 unspecified atom stereocenters. The molecule has 2 rings (SSSR count). The fourth-order valence-electron chi connectivity index (χ4n) is 1.85. The molecule has 25 heavy (non-hydrogen) atoms. The fraction of sp³-hybridized carbons (Fsp3) is 0.222. The Morgan fingerprint density at radius 1 is 0.800 bits per heavy atom. The van der Waals surface area contributed by atoms with Crippen molar-refractivity contribution in [1.29, 1.82) is 0 Å². The molecular formula is C18H21BF4SiTe. The van der Waals surface area contributed by atoms with E-state index in [9.17, 15) is 17.3 Å². The Morgan fingerprint density at radius 2 is 1.16 bits per heavy atom. The molecule has 2 aromatic carbocycles. The summed E-state index contributed by atoms with van der Waals surface area (Å²) in [5, 5.41) is 0. The van der Waals surface area contributed by atoms with Crippen molar-refractivity contribution in [2.45, 2.75) is 24.1 Å². The van der Waals surface area contributed by atoms with Gasteiger partial charge < -0.3 is 17.3 Å². The van der Waals surface area contributed by atoms with Gasteiger partial charge in [-0.15, -0.1) is 0 Å². The van der Waals surface area contributed by atoms with Gasteiger partial charge in [0.15, 0.2) is 0 Å². The topological polar surface area (TPSA) is 0 Å². The van der Waals surface area contributed by atoms with Crippen molar-refractivity contribution in [3.63, 3.8) is 0 Å². The molecule has 0 aliphatic heterocycles. The summed E-state index contributed by atoms with van der Waals surface area (Å²) in [7, 11) is -7.26. The summed E-state index contributed by atoms with van der Waals surface area (Å²) >= 11 is -1.54. The maximum atomic E-state index is 9.75. The minimum absolute atomic E-state index is 1.07. The minimum Gasteiger partial charge on any atom is -0.418 e. The quantitative estimate of drug-likeness (QED) is 0.346. The van der Waals surface area contributed by atoms with Crippen LogP contribution in [0.3, 0.4) is 0 Å². The van der Waals surface area contributed by atoms with Crippen LogP contribution in [-0.4, -0.2) is 34.9 Å². The molecule has 0 aliphatic rings. The first kappa shape index (κ1) is 21.8. The molecular weight excluding hydrogens is 459 g/mol. The summed E-state index contributed by atoms with van der Waals surface area (Å²) in [4.78, 5) is 0. The minimum atomic E-state index is -6.00. The fourth-order valence-corrected chi connectivity index (χ4v) is 7.98. The third-order valence-corrected chi connectivity index (χ3v) is 9.70. The Hall–Kier alpha value is -1.21. The third-order valence-electron chi connectivity index (χ3n) is 2.74. The maximum Gasteiger partial charge on any atom is 0.673 e. The molecule has 0 saturated carbocycles. The smallest absolute Gasteiger partial charge is 0.418 e. The maximum absolute atomic E-state index is 9.75. The van der Waals surface area contributed by atoms with E-state index in [1.165, 1.54) is 7.22 Å². The van der Waals surface area contributed by atoms with Crippen LogP contribution in [0.1, 0.15) is 0 Å². The first-order valence-corrected chi connectivity index (χ1v) is 15.2. The van der Waals surface area contributed by atoms with Crippen molar-refractivity contribution in [2.24, 2.45) is 0 Å². The molecule has 0 bridgehead atoms. The van der Waals surface area contributed by atoms with E-state index in [2.05, 4.69) is 91.8 Å². The predicted octanol–water partition coefficient (Wildman–Crippen LogP) is 4.48. The van der Waals surface area contributed by atoms with Crippen molar-refractivity contribution >= 4 is 42.1 Å². The molecule has 7 heteroatoms. The van der Waals surface area contributed by atoms with E-state index in [-0.39, 0.29) is 0 Å². The first-order chi connectivity index (χ1) is 11.6. The summed E-state index contributed by atoms with van der Waals surface area (Å²) in [6.07, 6.45) is 0. The van der Waals surface area contributed by atoms with E-state index < -0.39 is 34.9 Å². The normalized spacial score (nSPS) is 11.2. The van der Waals surface area contributed by atoms with Crippen LogP contribution in [0.2, 0.25) is 24.1 Å². The zero-order valence-corrected chi connectivity index (χ0v) is 17.8. The van der Waals surface area contributed by atoms with Gasteiger partial charge in [0.2, 0.25) is 0 Å². The molecule has 0 amide bonds. The van der Waals surface area contributed by atoms with Crippen LogP contribution < -0.4 is 7.22 Å². The van der Waals surface area contributed by atoms with Crippen LogP contribution in [0, 0.1) is 11.5 Å². The SMILES string of the molecule is C[Si](C)(C)C#CC[Te+](c1ccccc1)c1ccccc1.F[B-](F)(F)F. The van der Waals surface area contributed by atoms with Crippen molar-refractivity contribution in [3.8, 4) is 11.5 Å². The van der Waals surface area contributed by atoms with Crippen LogP contribution in [0.4, 0.5) is 17.3 Å². The standard InChI is InChI=1S/C18H21SiTe.BF4/c1-19(2,3)15-10-16-20(17-11-6-4-7-12-17)18-13-8-5-9-14-18;2-1(3,4)5/h4-9,11-14H,16H2,1-3H3;/q+1;-1. The molecule has 0 heterocycles. The largest absolute Gasteiger partial charge is 0.673 e. The van der Waals surface area contributed by atoms with E-state index in [1.54, 1.807) is 0 Å². The molecule has 0 N–H and O–H groups in total. The Morgan fingerprint density at radius 3 is 1.48 bits per heavy atom. The predicted molar refractivity (Wildman–Crippen MR) is 104 cm³/mol. The number of benzene rings is 2. The van der Waals surface area contributed by atoms with Gasteiger partial charge >= 0.3 is 138 Å². The average Bonchev–Trinajstić information content (AvgIpc) is 2.51. The van der Waals surface area contributed by atoms with E-state index in [0.717, 1.165) is 4.47 Å². The van der Waals surface area contributed by atoms with Gasteiger partial charge in [-0.25, -0.2) is 0 Å². The van der Waals surface area contributed by atoms with Crippen molar-refractivity contribution in [3.05, 3.63) is 60.7 Å². The average molecular weight is 480 g/mol. The molecule has 0 aliphatic carbocycles. The summed E-state index contributed by atoms with van der Waals surface area (Å²) in [6, 6.07) is 21.9. The van der Waals surface area contributed by atoms with Gasteiger partial charge in [-0.05, 0) is 0 Å². The van der Waals surface area contributed by atoms with E-state index >= 15 is 0 Å². The Bertz CT molecular complexity index is 643. The van der Waals surface area contributed by atoms with Gasteiger partial charge in [0.25, 0.3) is 0 Å². The molecule has 0 spiro atoms. The van der Waals surface area contributed by atoms with E-state index in [0.29, 0.717) is 0 Å². The molecule has 0 atom stereocenters. The van der Waals surface area contributed by atoms with Crippen LogP contribution >= 0.6 is 0 Å². The number of halogens is 4.